The Kier molecular flexibility index (Phi) is 8.05. The summed E-state index contributed by atoms with van der Waals surface area (Å²) < 4.78 is 15.4. The molecule has 8 heteroatoms. The predicted octanol–water partition coefficient (Wildman–Crippen LogP) is 4.08. The van der Waals surface area contributed by atoms with E-state index in [4.69, 9.17) is 0 Å². The first-order chi connectivity index (χ1) is 14.7. The fraction of sp³-hybridized carbons (Fsp3) is 0.217. The molecule has 0 radical (unpaired) electrons. The maximum absolute atomic E-state index is 13.5. The molecule has 4 rings (SSSR count). The quantitative estimate of drug-likeness (QED) is 0.191. The Hall–Kier alpha value is -2.88. The van der Waals surface area contributed by atoms with Crippen molar-refractivity contribution in [3.8, 4) is 0 Å². The highest BCUT2D eigenvalue weighted by atomic mass is 127. The molecule has 6 nitrogen and oxygen atoms in total. The Morgan fingerprint density at radius 3 is 2.81 bits per heavy atom. The van der Waals surface area contributed by atoms with Crippen LogP contribution in [0.25, 0.3) is 10.9 Å². The van der Waals surface area contributed by atoms with Gasteiger partial charge < -0.3 is 15.6 Å². The number of nitrogens with zero attached hydrogens (tertiary/aromatic N) is 3. The highest BCUT2D eigenvalue weighted by Crippen LogP contribution is 2.19. The molecule has 0 saturated heterocycles. The zero-order valence-corrected chi connectivity index (χ0v) is 19.6. The average Bonchev–Trinajstić information content (AvgIpc) is 3.40. The van der Waals surface area contributed by atoms with Crippen molar-refractivity contribution >= 4 is 40.8 Å². The fourth-order valence-electron chi connectivity index (χ4n) is 3.50. The SMILES string of the molecule is CN=C(NCCc1c[nH]c2ccc(F)cc12)NCc1cccc(Cn2cccn2)c1.I. The van der Waals surface area contributed by atoms with E-state index in [2.05, 4.69) is 50.0 Å². The van der Waals surface area contributed by atoms with E-state index in [1.165, 1.54) is 17.2 Å². The summed E-state index contributed by atoms with van der Waals surface area (Å²) in [6.07, 6.45) is 6.45. The highest BCUT2D eigenvalue weighted by Gasteiger charge is 2.06. The molecule has 162 valence electrons. The number of nitrogens with one attached hydrogen (secondary N) is 3. The van der Waals surface area contributed by atoms with E-state index in [0.717, 1.165) is 35.4 Å². The predicted molar refractivity (Wildman–Crippen MR) is 133 cm³/mol. The van der Waals surface area contributed by atoms with Crippen molar-refractivity contribution in [1.82, 2.24) is 25.4 Å². The van der Waals surface area contributed by atoms with Crippen LogP contribution in [0.5, 0.6) is 0 Å². The second-order valence-electron chi connectivity index (χ2n) is 7.13. The summed E-state index contributed by atoms with van der Waals surface area (Å²) in [5.41, 5.74) is 4.41. The number of aliphatic imine (C=N–C) groups is 1. The topological polar surface area (TPSA) is 70.0 Å². The Labute approximate surface area is 198 Å². The molecule has 0 aliphatic rings. The lowest BCUT2D eigenvalue weighted by Crippen LogP contribution is -2.37. The summed E-state index contributed by atoms with van der Waals surface area (Å²) in [6.45, 7) is 2.12. The molecule has 3 N–H and O–H groups in total. The first kappa shape index (κ1) is 22.8. The average molecular weight is 532 g/mol. The Bertz CT molecular complexity index is 1140. The van der Waals surface area contributed by atoms with Crippen LogP contribution in [0, 0.1) is 5.82 Å². The van der Waals surface area contributed by atoms with Gasteiger partial charge in [0.1, 0.15) is 5.82 Å². The third-order valence-electron chi connectivity index (χ3n) is 4.99. The minimum atomic E-state index is -0.219. The molecular formula is C23H26FIN6. The van der Waals surface area contributed by atoms with Gasteiger partial charge in [0.05, 0.1) is 6.54 Å². The molecule has 4 aromatic rings. The summed E-state index contributed by atoms with van der Waals surface area (Å²) in [6, 6.07) is 15.2. The number of H-pyrrole nitrogens is 1. The van der Waals surface area contributed by atoms with Crippen molar-refractivity contribution in [1.29, 1.82) is 0 Å². The zero-order valence-electron chi connectivity index (χ0n) is 17.3. The van der Waals surface area contributed by atoms with E-state index in [-0.39, 0.29) is 29.8 Å². The van der Waals surface area contributed by atoms with Gasteiger partial charge in [-0.25, -0.2) is 4.39 Å². The standard InChI is InChI=1S/C23H25FN6.HI/c1-25-23(26-10-8-19-15-27-22-7-6-20(24)13-21(19)22)28-14-17-4-2-5-18(12-17)16-30-11-3-9-29-30;/h2-7,9,11-13,15,27H,8,10,14,16H2,1H3,(H2,25,26,28);1H. The van der Waals surface area contributed by atoms with Crippen LogP contribution >= 0.6 is 24.0 Å². The second kappa shape index (κ2) is 10.9. The summed E-state index contributed by atoms with van der Waals surface area (Å²) in [7, 11) is 1.75. The van der Waals surface area contributed by atoms with Crippen LogP contribution in [0.4, 0.5) is 4.39 Å². The van der Waals surface area contributed by atoms with Gasteiger partial charge in [-0.3, -0.25) is 9.67 Å². The molecule has 2 aromatic heterocycles. The van der Waals surface area contributed by atoms with E-state index in [0.29, 0.717) is 13.1 Å². The number of aromatic nitrogens is 3. The summed E-state index contributed by atoms with van der Waals surface area (Å²) in [5, 5.41) is 11.9. The third-order valence-corrected chi connectivity index (χ3v) is 4.99. The molecule has 0 atom stereocenters. The summed E-state index contributed by atoms with van der Waals surface area (Å²) in [5.74, 6) is 0.516. The first-order valence-corrected chi connectivity index (χ1v) is 9.96. The van der Waals surface area contributed by atoms with Gasteiger partial charge in [-0.1, -0.05) is 24.3 Å². The lowest BCUT2D eigenvalue weighted by atomic mass is 10.1. The maximum Gasteiger partial charge on any atom is 0.191 e. The van der Waals surface area contributed by atoms with Crippen molar-refractivity contribution in [2.45, 2.75) is 19.5 Å². The third kappa shape index (κ3) is 6.06. The second-order valence-corrected chi connectivity index (χ2v) is 7.13. The number of hydrogen-bond acceptors (Lipinski definition) is 2. The van der Waals surface area contributed by atoms with Gasteiger partial charge in [-0.15, -0.1) is 24.0 Å². The van der Waals surface area contributed by atoms with Crippen LogP contribution in [0.3, 0.4) is 0 Å². The van der Waals surface area contributed by atoms with E-state index in [9.17, 15) is 4.39 Å². The Morgan fingerprint density at radius 1 is 1.13 bits per heavy atom. The molecule has 0 aliphatic carbocycles. The Balaban J connectivity index is 0.00000272. The van der Waals surface area contributed by atoms with Crippen LogP contribution in [0.1, 0.15) is 16.7 Å². The number of halogens is 2. The molecule has 0 unspecified atom stereocenters. The van der Waals surface area contributed by atoms with Crippen LogP contribution in [-0.2, 0) is 19.5 Å². The van der Waals surface area contributed by atoms with Gasteiger partial charge in [0.25, 0.3) is 0 Å². The first-order valence-electron chi connectivity index (χ1n) is 9.96. The van der Waals surface area contributed by atoms with E-state index in [1.54, 1.807) is 25.4 Å². The van der Waals surface area contributed by atoms with Crippen LogP contribution < -0.4 is 10.6 Å². The minimum absolute atomic E-state index is 0. The molecular weight excluding hydrogens is 506 g/mol. The normalized spacial score (nSPS) is 11.4. The zero-order chi connectivity index (χ0) is 20.8. The molecule has 31 heavy (non-hydrogen) atoms. The largest absolute Gasteiger partial charge is 0.361 e. The van der Waals surface area contributed by atoms with E-state index < -0.39 is 0 Å². The summed E-state index contributed by atoms with van der Waals surface area (Å²) >= 11 is 0. The monoisotopic (exact) mass is 532 g/mol. The minimum Gasteiger partial charge on any atom is -0.361 e. The number of hydrogen-bond donors (Lipinski definition) is 3. The number of guanidine groups is 1. The molecule has 2 aromatic carbocycles. The van der Waals surface area contributed by atoms with Crippen molar-refractivity contribution < 1.29 is 4.39 Å². The van der Waals surface area contributed by atoms with Crippen LogP contribution in [-0.4, -0.2) is 34.3 Å². The van der Waals surface area contributed by atoms with E-state index >= 15 is 0 Å². The molecule has 0 saturated carbocycles. The van der Waals surface area contributed by atoms with Crippen LogP contribution in [0.2, 0.25) is 0 Å². The summed E-state index contributed by atoms with van der Waals surface area (Å²) in [4.78, 5) is 7.48. The molecule has 0 fully saturated rings. The van der Waals surface area contributed by atoms with Gasteiger partial charge in [0.2, 0.25) is 0 Å². The number of benzene rings is 2. The van der Waals surface area contributed by atoms with Gasteiger partial charge in [-0.05, 0) is 47.4 Å². The lowest BCUT2D eigenvalue weighted by Gasteiger charge is -2.12. The van der Waals surface area contributed by atoms with Gasteiger partial charge >= 0.3 is 0 Å². The molecule has 0 spiro atoms. The lowest BCUT2D eigenvalue weighted by molar-refractivity contribution is 0.629. The molecule has 0 aliphatic heterocycles. The van der Waals surface area contributed by atoms with Crippen LogP contribution in [0.15, 0.2) is 72.1 Å². The fourth-order valence-corrected chi connectivity index (χ4v) is 3.50. The van der Waals surface area contributed by atoms with Gasteiger partial charge in [0, 0.05) is 49.6 Å². The van der Waals surface area contributed by atoms with Crippen molar-refractivity contribution in [2.75, 3.05) is 13.6 Å². The smallest absolute Gasteiger partial charge is 0.191 e. The van der Waals surface area contributed by atoms with Gasteiger partial charge in [-0.2, -0.15) is 5.10 Å². The number of fused-ring (bicyclic) bond motifs is 1. The maximum atomic E-state index is 13.5. The number of aromatic amines is 1. The van der Waals surface area contributed by atoms with Crippen molar-refractivity contribution in [3.63, 3.8) is 0 Å². The Morgan fingerprint density at radius 2 is 2.00 bits per heavy atom. The molecule has 2 heterocycles. The van der Waals surface area contributed by atoms with E-state index in [1.807, 2.05) is 23.1 Å². The van der Waals surface area contributed by atoms with Gasteiger partial charge in [0.15, 0.2) is 5.96 Å². The molecule has 0 bridgehead atoms. The van der Waals surface area contributed by atoms with Crippen molar-refractivity contribution in [3.05, 3.63) is 89.6 Å². The van der Waals surface area contributed by atoms with Crippen molar-refractivity contribution in [2.24, 2.45) is 4.99 Å². The highest BCUT2D eigenvalue weighted by molar-refractivity contribution is 14.0. The number of rotatable bonds is 7. The molecule has 0 amide bonds.